The number of quaternary nitrogens is 1. The van der Waals surface area contributed by atoms with Gasteiger partial charge in [0.15, 0.2) is 23.3 Å². The quantitative estimate of drug-likeness (QED) is 0.306. The van der Waals surface area contributed by atoms with Crippen molar-refractivity contribution in [1.29, 1.82) is 0 Å². The maximum absolute atomic E-state index is 16.4. The molecule has 170 valence electrons. The van der Waals surface area contributed by atoms with Crippen LogP contribution in [0, 0.1) is 23.3 Å². The van der Waals surface area contributed by atoms with Gasteiger partial charge in [-0.05, 0) is 24.3 Å². The van der Waals surface area contributed by atoms with Crippen LogP contribution in [0.1, 0.15) is 24.0 Å². The van der Waals surface area contributed by atoms with Crippen LogP contribution in [0.5, 0.6) is 0 Å². The van der Waals surface area contributed by atoms with E-state index in [1.54, 1.807) is 0 Å². The zero-order chi connectivity index (χ0) is 23.0. The molecular weight excluding hydrogens is 433 g/mol. The first-order chi connectivity index (χ1) is 15.0. The molecule has 4 unspecified atom stereocenters. The highest BCUT2D eigenvalue weighted by Crippen LogP contribution is 2.52. The molecule has 0 radical (unpaired) electrons. The molecule has 2 aromatic carbocycles. The monoisotopic (exact) mass is 454 g/mol. The van der Waals surface area contributed by atoms with Gasteiger partial charge in [-0.3, -0.25) is 0 Å². The Morgan fingerprint density at radius 3 is 1.81 bits per heavy atom. The van der Waals surface area contributed by atoms with Crippen molar-refractivity contribution in [2.24, 2.45) is 0 Å². The van der Waals surface area contributed by atoms with Crippen LogP contribution < -0.4 is 0 Å². The van der Waals surface area contributed by atoms with Crippen LogP contribution in [-0.2, 0) is 19.9 Å². The number of fused-ring (bicyclic) bond motifs is 5. The van der Waals surface area contributed by atoms with E-state index in [0.717, 1.165) is 16.6 Å². The molecular formula is C23H21F5NO3+. The minimum Gasteiger partial charge on any atom is -0.459 e. The summed E-state index contributed by atoms with van der Waals surface area (Å²) < 4.78 is 83.0. The number of hydrogen-bond acceptors (Lipinski definition) is 3. The summed E-state index contributed by atoms with van der Waals surface area (Å²) in [6, 6.07) is 4.30. The molecule has 0 aromatic heterocycles. The second-order valence-corrected chi connectivity index (χ2v) is 9.24. The van der Waals surface area contributed by atoms with E-state index in [0.29, 0.717) is 37.1 Å². The number of nitrogens with zero attached hydrogens (tertiary/aromatic N) is 1. The first-order valence-corrected chi connectivity index (χ1v) is 10.3. The average molecular weight is 454 g/mol. The number of morpholine rings is 1. The van der Waals surface area contributed by atoms with E-state index < -0.39 is 52.1 Å². The van der Waals surface area contributed by atoms with Crippen molar-refractivity contribution < 1.29 is 40.7 Å². The fourth-order valence-electron chi connectivity index (χ4n) is 5.36. The number of ether oxygens (including phenoxy) is 2. The first kappa shape index (κ1) is 21.3. The Morgan fingerprint density at radius 1 is 0.906 bits per heavy atom. The van der Waals surface area contributed by atoms with E-state index in [4.69, 9.17) is 9.47 Å². The third-order valence-electron chi connectivity index (χ3n) is 7.23. The number of hydrogen-bond donors (Lipinski definition) is 0. The molecule has 0 saturated carbocycles. The maximum atomic E-state index is 16.4. The van der Waals surface area contributed by atoms with Gasteiger partial charge in [0, 0.05) is 24.0 Å². The minimum absolute atomic E-state index is 0.0752. The van der Waals surface area contributed by atoms with Crippen molar-refractivity contribution in [3.8, 4) is 0 Å². The SMILES string of the molecule is C[N+]1(C)C2CC(OC(=O)C(F)(c3ccc(F)c(F)c3)c3ccc(F)c(F)c3)CC1[C@@H]1OC21. The van der Waals surface area contributed by atoms with Gasteiger partial charge in [-0.25, -0.2) is 26.7 Å². The fourth-order valence-corrected chi connectivity index (χ4v) is 5.36. The number of benzene rings is 2. The maximum Gasteiger partial charge on any atom is 0.353 e. The molecule has 2 aromatic rings. The molecule has 4 nitrogen and oxygen atoms in total. The molecule has 32 heavy (non-hydrogen) atoms. The number of esters is 1. The summed E-state index contributed by atoms with van der Waals surface area (Å²) in [6.45, 7) is 0. The topological polar surface area (TPSA) is 38.8 Å². The Hall–Kier alpha value is -2.52. The summed E-state index contributed by atoms with van der Waals surface area (Å²) in [6.07, 6.45) is 0.424. The van der Waals surface area contributed by atoms with Crippen molar-refractivity contribution in [2.45, 2.75) is 48.9 Å². The van der Waals surface area contributed by atoms with E-state index in [2.05, 4.69) is 14.1 Å². The summed E-state index contributed by atoms with van der Waals surface area (Å²) in [5.41, 5.74) is -4.31. The molecule has 3 aliphatic heterocycles. The second-order valence-electron chi connectivity index (χ2n) is 9.24. The summed E-state index contributed by atoms with van der Waals surface area (Å²) in [5.74, 6) is -6.63. The largest absolute Gasteiger partial charge is 0.459 e. The Bertz CT molecular complexity index is 1040. The third kappa shape index (κ3) is 3.05. The highest BCUT2D eigenvalue weighted by Gasteiger charge is 2.71. The van der Waals surface area contributed by atoms with E-state index in [1.165, 1.54) is 0 Å². The van der Waals surface area contributed by atoms with Crippen LogP contribution in [0.25, 0.3) is 0 Å². The fraction of sp³-hybridized carbons (Fsp3) is 0.435. The molecule has 3 fully saturated rings. The number of carbonyl (C=O) groups is 1. The highest BCUT2D eigenvalue weighted by molar-refractivity contribution is 5.85. The lowest BCUT2D eigenvalue weighted by Gasteiger charge is -2.45. The molecule has 5 atom stereocenters. The molecule has 3 heterocycles. The zero-order valence-corrected chi connectivity index (χ0v) is 17.3. The summed E-state index contributed by atoms with van der Waals surface area (Å²) in [4.78, 5) is 13.1. The predicted molar refractivity (Wildman–Crippen MR) is 102 cm³/mol. The van der Waals surface area contributed by atoms with Crippen molar-refractivity contribution in [1.82, 2.24) is 0 Å². The standard InChI is InChI=1S/C23H21F5NO3/c1-29(2)18-9-13(10-19(29)21-20(18)32-21)31-22(30)23(28,11-3-5-14(24)16(26)7-11)12-4-6-15(25)17(27)8-12/h3-8,13,18-21H,9-10H2,1-2H3/q+1/t13?,18?,19?,20-,21?/m0/s1. The number of carbonyl (C=O) groups excluding carboxylic acids is 1. The molecule has 0 spiro atoms. The highest BCUT2D eigenvalue weighted by atomic mass is 19.2. The summed E-state index contributed by atoms with van der Waals surface area (Å²) in [5, 5.41) is 0. The number of likely N-dealkylation sites (N-methyl/N-ethyl adjacent to an activating group) is 1. The van der Waals surface area contributed by atoms with Crippen LogP contribution in [0.15, 0.2) is 36.4 Å². The average Bonchev–Trinajstić information content (AvgIpc) is 3.50. The molecule has 3 saturated heterocycles. The number of piperidine rings is 1. The lowest BCUT2D eigenvalue weighted by molar-refractivity contribution is -0.938. The van der Waals surface area contributed by atoms with Crippen LogP contribution in [0.4, 0.5) is 22.0 Å². The van der Waals surface area contributed by atoms with Crippen molar-refractivity contribution >= 4 is 5.97 Å². The van der Waals surface area contributed by atoms with E-state index in [-0.39, 0.29) is 24.3 Å². The van der Waals surface area contributed by atoms with Crippen LogP contribution in [0.3, 0.4) is 0 Å². The smallest absolute Gasteiger partial charge is 0.353 e. The molecule has 3 aliphatic rings. The molecule has 0 amide bonds. The van der Waals surface area contributed by atoms with Crippen molar-refractivity contribution in [3.63, 3.8) is 0 Å². The lowest BCUT2D eigenvalue weighted by atomic mass is 9.87. The molecule has 9 heteroatoms. The number of alkyl halides is 1. The van der Waals surface area contributed by atoms with E-state index >= 15 is 4.39 Å². The van der Waals surface area contributed by atoms with Crippen LogP contribution in [-0.4, -0.2) is 54.9 Å². The van der Waals surface area contributed by atoms with Gasteiger partial charge in [-0.2, -0.15) is 0 Å². The number of halogens is 5. The van der Waals surface area contributed by atoms with Crippen LogP contribution in [0.2, 0.25) is 0 Å². The molecule has 0 N–H and O–H groups in total. The first-order valence-electron chi connectivity index (χ1n) is 10.3. The Morgan fingerprint density at radius 2 is 1.38 bits per heavy atom. The van der Waals surface area contributed by atoms with Gasteiger partial charge in [0.25, 0.3) is 5.67 Å². The van der Waals surface area contributed by atoms with Gasteiger partial charge in [-0.15, -0.1) is 0 Å². The third-order valence-corrected chi connectivity index (χ3v) is 7.23. The lowest BCUT2D eigenvalue weighted by Crippen LogP contribution is -2.60. The number of epoxide rings is 1. The molecule has 2 bridgehead atoms. The van der Waals surface area contributed by atoms with E-state index in [1.807, 2.05) is 0 Å². The Balaban J connectivity index is 1.48. The van der Waals surface area contributed by atoms with Gasteiger partial charge in [0.2, 0.25) is 0 Å². The minimum atomic E-state index is -3.16. The van der Waals surface area contributed by atoms with Gasteiger partial charge in [0.05, 0.1) is 14.1 Å². The van der Waals surface area contributed by atoms with Gasteiger partial charge >= 0.3 is 5.97 Å². The van der Waals surface area contributed by atoms with Crippen molar-refractivity contribution in [3.05, 3.63) is 70.8 Å². The molecule has 5 rings (SSSR count). The Labute approximate surface area is 181 Å². The van der Waals surface area contributed by atoms with Crippen LogP contribution >= 0.6 is 0 Å². The van der Waals surface area contributed by atoms with Gasteiger partial charge in [0.1, 0.15) is 30.4 Å². The zero-order valence-electron chi connectivity index (χ0n) is 17.3. The van der Waals surface area contributed by atoms with E-state index in [9.17, 15) is 22.4 Å². The van der Waals surface area contributed by atoms with Crippen molar-refractivity contribution in [2.75, 3.05) is 14.1 Å². The summed E-state index contributed by atoms with van der Waals surface area (Å²) >= 11 is 0. The van der Waals surface area contributed by atoms with Gasteiger partial charge in [-0.1, -0.05) is 12.1 Å². The number of rotatable bonds is 4. The Kier molecular flexibility index (Phi) is 4.66. The normalized spacial score (nSPS) is 30.0. The molecule has 0 aliphatic carbocycles. The summed E-state index contributed by atoms with van der Waals surface area (Å²) in [7, 11) is 4.15. The van der Waals surface area contributed by atoms with Gasteiger partial charge < -0.3 is 14.0 Å². The predicted octanol–water partition coefficient (Wildman–Crippen LogP) is 3.76. The second kappa shape index (κ2) is 6.99.